The van der Waals surface area contributed by atoms with Crippen LogP contribution in [0.15, 0.2) is 30.9 Å². The van der Waals surface area contributed by atoms with Gasteiger partial charge in [-0.1, -0.05) is 23.7 Å². The van der Waals surface area contributed by atoms with Crippen molar-refractivity contribution in [3.63, 3.8) is 0 Å². The molecule has 0 unspecified atom stereocenters. The van der Waals surface area contributed by atoms with Gasteiger partial charge < -0.3 is 10.4 Å². The maximum atomic E-state index is 13.6. The molecule has 1 aromatic rings. The van der Waals surface area contributed by atoms with Gasteiger partial charge in [0.15, 0.2) is 0 Å². The first-order valence-electron chi connectivity index (χ1n) is 5.99. The predicted molar refractivity (Wildman–Crippen MR) is 73.4 cm³/mol. The van der Waals surface area contributed by atoms with Crippen LogP contribution in [0.4, 0.5) is 4.39 Å². The topological polar surface area (TPSA) is 49.3 Å². The predicted octanol–water partition coefficient (Wildman–Crippen LogP) is 2.98. The van der Waals surface area contributed by atoms with Crippen molar-refractivity contribution in [1.29, 1.82) is 0 Å². The summed E-state index contributed by atoms with van der Waals surface area (Å²) in [6, 6.07) is 3.54. The number of carbonyl (C=O) groups is 1. The Hall–Kier alpha value is -1.39. The second-order valence-corrected chi connectivity index (χ2v) is 4.67. The van der Waals surface area contributed by atoms with E-state index in [2.05, 4.69) is 11.9 Å². The van der Waals surface area contributed by atoms with E-state index in [9.17, 15) is 14.3 Å². The number of nitrogens with one attached hydrogen (secondary N) is 1. The highest BCUT2D eigenvalue weighted by molar-refractivity contribution is 6.31. The second-order valence-electron chi connectivity index (χ2n) is 4.26. The lowest BCUT2D eigenvalue weighted by Crippen LogP contribution is -2.37. The maximum absolute atomic E-state index is 13.6. The van der Waals surface area contributed by atoms with Gasteiger partial charge in [0.1, 0.15) is 11.9 Å². The Morgan fingerprint density at radius 3 is 2.89 bits per heavy atom. The summed E-state index contributed by atoms with van der Waals surface area (Å²) in [5, 5.41) is 12.8. The molecular formula is C14H17ClFNO2. The summed E-state index contributed by atoms with van der Waals surface area (Å²) in [5.74, 6) is -0.814. The van der Waals surface area contributed by atoms with Crippen LogP contribution in [0.25, 0.3) is 0 Å². The van der Waals surface area contributed by atoms with Gasteiger partial charge in [-0.25, -0.2) is 4.39 Å². The number of benzene rings is 1. The van der Waals surface area contributed by atoms with Gasteiger partial charge in [0.2, 0.25) is 5.91 Å². The highest BCUT2D eigenvalue weighted by atomic mass is 35.5. The molecule has 0 saturated heterocycles. The van der Waals surface area contributed by atoms with Gasteiger partial charge in [-0.2, -0.15) is 0 Å². The van der Waals surface area contributed by atoms with Crippen molar-refractivity contribution in [1.82, 2.24) is 5.32 Å². The van der Waals surface area contributed by atoms with Gasteiger partial charge in [-0.15, -0.1) is 6.58 Å². The minimum Gasteiger partial charge on any atom is -0.386 e. The van der Waals surface area contributed by atoms with Gasteiger partial charge in [0, 0.05) is 17.0 Å². The SMILES string of the molecule is C=CCCC(=O)N[C@@H](C)[C@H](O)c1c(F)cccc1Cl. The van der Waals surface area contributed by atoms with Crippen LogP contribution < -0.4 is 5.32 Å². The fourth-order valence-electron chi connectivity index (χ4n) is 1.68. The lowest BCUT2D eigenvalue weighted by Gasteiger charge is -2.21. The van der Waals surface area contributed by atoms with Crippen LogP contribution in [0.1, 0.15) is 31.4 Å². The van der Waals surface area contributed by atoms with Gasteiger partial charge in [-0.05, 0) is 25.5 Å². The Balaban J connectivity index is 2.74. The lowest BCUT2D eigenvalue weighted by molar-refractivity contribution is -0.122. The van der Waals surface area contributed by atoms with E-state index >= 15 is 0 Å². The minimum atomic E-state index is -1.19. The number of halogens is 2. The third-order valence-corrected chi connectivity index (χ3v) is 3.06. The van der Waals surface area contributed by atoms with Gasteiger partial charge in [0.05, 0.1) is 6.04 Å². The van der Waals surface area contributed by atoms with Crippen LogP contribution in [0.5, 0.6) is 0 Å². The summed E-state index contributed by atoms with van der Waals surface area (Å²) < 4.78 is 13.6. The molecule has 1 rings (SSSR count). The number of amides is 1. The molecule has 0 radical (unpaired) electrons. The molecule has 104 valence electrons. The number of aliphatic hydroxyl groups is 1. The van der Waals surface area contributed by atoms with E-state index in [4.69, 9.17) is 11.6 Å². The molecule has 0 aliphatic rings. The number of allylic oxidation sites excluding steroid dienone is 1. The first-order valence-corrected chi connectivity index (χ1v) is 6.37. The zero-order chi connectivity index (χ0) is 14.4. The first-order chi connectivity index (χ1) is 8.97. The smallest absolute Gasteiger partial charge is 0.220 e. The average Bonchev–Trinajstić information content (AvgIpc) is 2.35. The summed E-state index contributed by atoms with van der Waals surface area (Å²) >= 11 is 5.86. The molecule has 1 amide bonds. The molecule has 3 nitrogen and oxygen atoms in total. The monoisotopic (exact) mass is 285 g/mol. The summed E-state index contributed by atoms with van der Waals surface area (Å²) in [5.41, 5.74) is 0.000636. The fraction of sp³-hybridized carbons (Fsp3) is 0.357. The lowest BCUT2D eigenvalue weighted by atomic mass is 10.0. The standard InChI is InChI=1S/C14H17ClFNO2/c1-3-4-8-12(18)17-9(2)14(19)13-10(15)6-5-7-11(13)16/h3,5-7,9,14,19H,1,4,8H2,2H3,(H,17,18)/t9-,14-/m0/s1. The van der Waals surface area contributed by atoms with E-state index in [0.717, 1.165) is 0 Å². The van der Waals surface area contributed by atoms with Crippen LogP contribution in [0.3, 0.4) is 0 Å². The quantitative estimate of drug-likeness (QED) is 0.790. The van der Waals surface area contributed by atoms with E-state index in [-0.39, 0.29) is 22.9 Å². The Labute approximate surface area is 117 Å². The third-order valence-electron chi connectivity index (χ3n) is 2.73. The number of hydrogen-bond donors (Lipinski definition) is 2. The van der Waals surface area contributed by atoms with E-state index in [1.165, 1.54) is 18.2 Å². The maximum Gasteiger partial charge on any atom is 0.220 e. The molecule has 2 N–H and O–H groups in total. The number of rotatable bonds is 6. The Bertz CT molecular complexity index is 445. The minimum absolute atomic E-state index is 0.000636. The molecule has 0 aliphatic heterocycles. The van der Waals surface area contributed by atoms with E-state index in [0.29, 0.717) is 6.42 Å². The zero-order valence-corrected chi connectivity index (χ0v) is 11.5. The number of hydrogen-bond acceptors (Lipinski definition) is 2. The van der Waals surface area contributed by atoms with Crippen LogP contribution in [-0.2, 0) is 4.79 Å². The van der Waals surface area contributed by atoms with Gasteiger partial charge in [0.25, 0.3) is 0 Å². The molecule has 5 heteroatoms. The largest absolute Gasteiger partial charge is 0.386 e. The fourth-order valence-corrected chi connectivity index (χ4v) is 1.96. The molecule has 0 heterocycles. The van der Waals surface area contributed by atoms with Crippen LogP contribution in [0, 0.1) is 5.82 Å². The van der Waals surface area contributed by atoms with Gasteiger partial charge >= 0.3 is 0 Å². The van der Waals surface area contributed by atoms with Crippen molar-refractivity contribution >= 4 is 17.5 Å². The average molecular weight is 286 g/mol. The molecular weight excluding hydrogens is 269 g/mol. The van der Waals surface area contributed by atoms with Crippen molar-refractivity contribution in [3.8, 4) is 0 Å². The van der Waals surface area contributed by atoms with Gasteiger partial charge in [-0.3, -0.25) is 4.79 Å². The highest BCUT2D eigenvalue weighted by Crippen LogP contribution is 2.27. The summed E-state index contributed by atoms with van der Waals surface area (Å²) in [6.07, 6.45) is 1.27. The second kappa shape index (κ2) is 7.26. The van der Waals surface area contributed by atoms with Crippen LogP contribution in [-0.4, -0.2) is 17.1 Å². The van der Waals surface area contributed by atoms with Crippen LogP contribution >= 0.6 is 11.6 Å². The van der Waals surface area contributed by atoms with Crippen molar-refractivity contribution in [3.05, 3.63) is 47.3 Å². The number of aliphatic hydroxyl groups excluding tert-OH is 1. The van der Waals surface area contributed by atoms with E-state index < -0.39 is 18.0 Å². The first kappa shape index (κ1) is 15.7. The molecule has 2 atom stereocenters. The Kier molecular flexibility index (Phi) is 5.99. The molecule has 0 bridgehead atoms. The summed E-state index contributed by atoms with van der Waals surface area (Å²) in [6.45, 7) is 5.12. The molecule has 0 saturated carbocycles. The molecule has 1 aromatic carbocycles. The molecule has 0 spiro atoms. The number of carbonyl (C=O) groups excluding carboxylic acids is 1. The van der Waals surface area contributed by atoms with E-state index in [1.54, 1.807) is 13.0 Å². The van der Waals surface area contributed by atoms with Crippen molar-refractivity contribution in [2.75, 3.05) is 0 Å². The zero-order valence-electron chi connectivity index (χ0n) is 10.7. The summed E-state index contributed by atoms with van der Waals surface area (Å²) in [7, 11) is 0. The Morgan fingerprint density at radius 2 is 2.32 bits per heavy atom. The third kappa shape index (κ3) is 4.33. The molecule has 0 aliphatic carbocycles. The van der Waals surface area contributed by atoms with Crippen molar-refractivity contribution in [2.24, 2.45) is 0 Å². The summed E-state index contributed by atoms with van der Waals surface area (Å²) in [4.78, 5) is 11.5. The normalized spacial score (nSPS) is 13.7. The molecule has 19 heavy (non-hydrogen) atoms. The van der Waals surface area contributed by atoms with Crippen molar-refractivity contribution < 1.29 is 14.3 Å². The van der Waals surface area contributed by atoms with Crippen molar-refractivity contribution in [2.45, 2.75) is 31.9 Å². The Morgan fingerprint density at radius 1 is 1.63 bits per heavy atom. The molecule has 0 fully saturated rings. The van der Waals surface area contributed by atoms with E-state index in [1.807, 2.05) is 0 Å². The molecule has 0 aromatic heterocycles. The highest BCUT2D eigenvalue weighted by Gasteiger charge is 2.23. The van der Waals surface area contributed by atoms with Crippen LogP contribution in [0.2, 0.25) is 5.02 Å².